The van der Waals surface area contributed by atoms with Crippen LogP contribution < -0.4 is 5.32 Å². The van der Waals surface area contributed by atoms with Gasteiger partial charge in [-0.1, -0.05) is 26.0 Å². The minimum atomic E-state index is 0.0170. The van der Waals surface area contributed by atoms with Crippen LogP contribution in [0.25, 0.3) is 5.69 Å². The van der Waals surface area contributed by atoms with Crippen molar-refractivity contribution in [2.24, 2.45) is 11.8 Å². The van der Waals surface area contributed by atoms with Crippen LogP contribution in [0, 0.1) is 11.8 Å². The summed E-state index contributed by atoms with van der Waals surface area (Å²) < 4.78 is 1.82. The van der Waals surface area contributed by atoms with Crippen LogP contribution in [0.5, 0.6) is 0 Å². The molecule has 1 aliphatic heterocycles. The molecule has 0 bridgehead atoms. The third-order valence-electron chi connectivity index (χ3n) is 5.09. The molecule has 6 nitrogen and oxygen atoms in total. The van der Waals surface area contributed by atoms with Crippen molar-refractivity contribution in [3.63, 3.8) is 0 Å². The Morgan fingerprint density at radius 1 is 1.19 bits per heavy atom. The van der Waals surface area contributed by atoms with Crippen molar-refractivity contribution in [1.29, 1.82) is 0 Å². The first kappa shape index (κ1) is 19.1. The molecule has 1 N–H and O–H groups in total. The molecule has 1 saturated heterocycles. The highest BCUT2D eigenvalue weighted by Crippen LogP contribution is 2.19. The van der Waals surface area contributed by atoms with Gasteiger partial charge < -0.3 is 10.2 Å². The van der Waals surface area contributed by atoms with Crippen LogP contribution in [0.15, 0.2) is 42.7 Å². The fourth-order valence-electron chi connectivity index (χ4n) is 3.44. The first-order chi connectivity index (χ1) is 13.0. The van der Waals surface area contributed by atoms with Crippen LogP contribution in [0.3, 0.4) is 0 Å². The number of carbonyl (C=O) groups is 2. The van der Waals surface area contributed by atoms with E-state index in [1.54, 1.807) is 6.20 Å². The lowest BCUT2D eigenvalue weighted by molar-refractivity contribution is -0.138. The van der Waals surface area contributed by atoms with Crippen molar-refractivity contribution in [1.82, 2.24) is 20.0 Å². The summed E-state index contributed by atoms with van der Waals surface area (Å²) in [6.07, 6.45) is 5.98. The number of carbonyl (C=O) groups excluding carboxylic acids is 2. The standard InChI is InChI=1S/C21H28N4O2/c1-16(2)21(27)24-14-9-18(10-15-24)20(26)22-12-8-17-4-6-19(7-5-17)25-13-3-11-23-25/h3-7,11,13,16,18H,8-10,12,14-15H2,1-2H3,(H,22,26). The lowest BCUT2D eigenvalue weighted by atomic mass is 9.95. The van der Waals surface area contributed by atoms with E-state index in [2.05, 4.69) is 22.5 Å². The second-order valence-electron chi connectivity index (χ2n) is 7.41. The number of likely N-dealkylation sites (tertiary alicyclic amines) is 1. The number of benzene rings is 1. The van der Waals surface area contributed by atoms with E-state index in [-0.39, 0.29) is 23.7 Å². The van der Waals surface area contributed by atoms with E-state index in [9.17, 15) is 9.59 Å². The van der Waals surface area contributed by atoms with E-state index >= 15 is 0 Å². The second kappa shape index (κ2) is 8.84. The molecule has 6 heteroatoms. The zero-order valence-electron chi connectivity index (χ0n) is 16.1. The van der Waals surface area contributed by atoms with Crippen LogP contribution in [0.4, 0.5) is 0 Å². The van der Waals surface area contributed by atoms with Gasteiger partial charge in [-0.2, -0.15) is 5.10 Å². The summed E-state index contributed by atoms with van der Waals surface area (Å²) in [7, 11) is 0. The van der Waals surface area contributed by atoms with Gasteiger partial charge in [0.2, 0.25) is 11.8 Å². The molecule has 2 heterocycles. The fourth-order valence-corrected chi connectivity index (χ4v) is 3.44. The van der Waals surface area contributed by atoms with Gasteiger partial charge in [-0.25, -0.2) is 4.68 Å². The molecule has 2 aromatic rings. The predicted molar refractivity (Wildman–Crippen MR) is 104 cm³/mol. The van der Waals surface area contributed by atoms with Crippen LogP contribution in [-0.2, 0) is 16.0 Å². The Kier molecular flexibility index (Phi) is 6.27. The first-order valence-corrected chi connectivity index (χ1v) is 9.70. The van der Waals surface area contributed by atoms with Gasteiger partial charge in [-0.3, -0.25) is 9.59 Å². The number of hydrogen-bond donors (Lipinski definition) is 1. The maximum Gasteiger partial charge on any atom is 0.225 e. The SMILES string of the molecule is CC(C)C(=O)N1CCC(C(=O)NCCc2ccc(-n3cccn3)cc2)CC1. The van der Waals surface area contributed by atoms with Gasteiger partial charge in [0.25, 0.3) is 0 Å². The molecule has 1 aliphatic rings. The largest absolute Gasteiger partial charge is 0.356 e. The molecule has 1 aromatic carbocycles. The summed E-state index contributed by atoms with van der Waals surface area (Å²) >= 11 is 0. The lowest BCUT2D eigenvalue weighted by Crippen LogP contribution is -2.44. The van der Waals surface area contributed by atoms with Crippen molar-refractivity contribution < 1.29 is 9.59 Å². The molecule has 0 aliphatic carbocycles. The predicted octanol–water partition coefficient (Wildman–Crippen LogP) is 2.43. The molecule has 2 amide bonds. The third-order valence-corrected chi connectivity index (χ3v) is 5.09. The Morgan fingerprint density at radius 3 is 2.48 bits per heavy atom. The lowest BCUT2D eigenvalue weighted by Gasteiger charge is -2.32. The molecule has 0 saturated carbocycles. The Morgan fingerprint density at radius 2 is 1.89 bits per heavy atom. The minimum Gasteiger partial charge on any atom is -0.356 e. The van der Waals surface area contributed by atoms with Crippen molar-refractivity contribution in [2.75, 3.05) is 19.6 Å². The summed E-state index contributed by atoms with van der Waals surface area (Å²) in [5.41, 5.74) is 2.21. The number of hydrogen-bond acceptors (Lipinski definition) is 3. The summed E-state index contributed by atoms with van der Waals surface area (Å²) in [5, 5.41) is 7.26. The summed E-state index contributed by atoms with van der Waals surface area (Å²) in [6.45, 7) is 5.84. The molecular formula is C21H28N4O2. The second-order valence-corrected chi connectivity index (χ2v) is 7.41. The Balaban J connectivity index is 1.40. The topological polar surface area (TPSA) is 67.2 Å². The molecule has 1 fully saturated rings. The summed E-state index contributed by atoms with van der Waals surface area (Å²) in [6, 6.07) is 10.1. The Hall–Kier alpha value is -2.63. The third kappa shape index (κ3) is 4.96. The average Bonchev–Trinajstić information content (AvgIpc) is 3.22. The Bertz CT molecular complexity index is 745. The number of piperidine rings is 1. The van der Waals surface area contributed by atoms with E-state index in [4.69, 9.17) is 0 Å². The quantitative estimate of drug-likeness (QED) is 0.851. The monoisotopic (exact) mass is 368 g/mol. The smallest absolute Gasteiger partial charge is 0.225 e. The highest BCUT2D eigenvalue weighted by atomic mass is 16.2. The number of nitrogens with one attached hydrogen (secondary N) is 1. The van der Waals surface area contributed by atoms with E-state index in [1.807, 2.05) is 47.8 Å². The number of nitrogens with zero attached hydrogens (tertiary/aromatic N) is 3. The maximum atomic E-state index is 12.4. The van der Waals surface area contributed by atoms with Gasteiger partial charge in [0, 0.05) is 43.9 Å². The number of amides is 2. The number of rotatable bonds is 6. The van der Waals surface area contributed by atoms with E-state index < -0.39 is 0 Å². The molecule has 1 aromatic heterocycles. The van der Waals surface area contributed by atoms with Crippen LogP contribution >= 0.6 is 0 Å². The van der Waals surface area contributed by atoms with E-state index in [0.29, 0.717) is 19.6 Å². The molecule has 0 radical (unpaired) electrons. The van der Waals surface area contributed by atoms with Gasteiger partial charge in [0.1, 0.15) is 0 Å². The summed E-state index contributed by atoms with van der Waals surface area (Å²) in [4.78, 5) is 26.3. The minimum absolute atomic E-state index is 0.0170. The van der Waals surface area contributed by atoms with Gasteiger partial charge in [0.15, 0.2) is 0 Å². The zero-order valence-corrected chi connectivity index (χ0v) is 16.1. The number of aromatic nitrogens is 2. The molecular weight excluding hydrogens is 340 g/mol. The van der Waals surface area contributed by atoms with Crippen molar-refractivity contribution in [3.05, 3.63) is 48.3 Å². The molecule has 144 valence electrons. The van der Waals surface area contributed by atoms with Crippen molar-refractivity contribution in [2.45, 2.75) is 33.1 Å². The summed E-state index contributed by atoms with van der Waals surface area (Å²) in [5.74, 6) is 0.339. The fraction of sp³-hybridized carbons (Fsp3) is 0.476. The van der Waals surface area contributed by atoms with E-state index in [0.717, 1.165) is 24.9 Å². The maximum absolute atomic E-state index is 12.4. The molecule has 0 unspecified atom stereocenters. The van der Waals surface area contributed by atoms with Gasteiger partial charge in [0.05, 0.1) is 5.69 Å². The molecule has 0 atom stereocenters. The highest BCUT2D eigenvalue weighted by molar-refractivity contribution is 5.80. The van der Waals surface area contributed by atoms with Crippen LogP contribution in [0.2, 0.25) is 0 Å². The average molecular weight is 368 g/mol. The molecule has 3 rings (SSSR count). The zero-order chi connectivity index (χ0) is 19.2. The molecule has 0 spiro atoms. The highest BCUT2D eigenvalue weighted by Gasteiger charge is 2.27. The van der Waals surface area contributed by atoms with Crippen molar-refractivity contribution in [3.8, 4) is 5.69 Å². The van der Waals surface area contributed by atoms with Crippen LogP contribution in [-0.4, -0.2) is 46.1 Å². The van der Waals surface area contributed by atoms with E-state index in [1.165, 1.54) is 5.56 Å². The van der Waals surface area contributed by atoms with Crippen molar-refractivity contribution >= 4 is 11.8 Å². The van der Waals surface area contributed by atoms with Gasteiger partial charge in [-0.15, -0.1) is 0 Å². The molecule has 27 heavy (non-hydrogen) atoms. The first-order valence-electron chi connectivity index (χ1n) is 9.70. The van der Waals surface area contributed by atoms with Gasteiger partial charge in [-0.05, 0) is 43.0 Å². The van der Waals surface area contributed by atoms with Crippen LogP contribution in [0.1, 0.15) is 32.3 Å². The Labute approximate surface area is 160 Å². The van der Waals surface area contributed by atoms with Gasteiger partial charge >= 0.3 is 0 Å². The normalized spacial score (nSPS) is 15.1.